The molecule has 0 aliphatic carbocycles. The molecule has 1 aromatic heterocycles. The Morgan fingerprint density at radius 1 is 1.17 bits per heavy atom. The van der Waals surface area contributed by atoms with Gasteiger partial charge in [0.25, 0.3) is 0 Å². The molecule has 4 N–H and O–H groups in total. The molecule has 18 heavy (non-hydrogen) atoms. The first-order valence-electron chi connectivity index (χ1n) is 5.86. The van der Waals surface area contributed by atoms with Gasteiger partial charge in [-0.15, -0.1) is 0 Å². The summed E-state index contributed by atoms with van der Waals surface area (Å²) in [5.74, 6) is 0.836. The van der Waals surface area contributed by atoms with Crippen LogP contribution in [-0.2, 0) is 0 Å². The van der Waals surface area contributed by atoms with Crippen LogP contribution in [0.1, 0.15) is 6.42 Å². The number of rotatable bonds is 5. The third kappa shape index (κ3) is 3.18. The molecule has 0 amide bonds. The first kappa shape index (κ1) is 12.3. The Bertz CT molecular complexity index is 499. The predicted octanol–water partition coefficient (Wildman–Crippen LogP) is 1.61. The first-order chi connectivity index (χ1) is 8.79. The summed E-state index contributed by atoms with van der Waals surface area (Å²) in [4.78, 5) is 8.54. The minimum atomic E-state index is 0.245. The van der Waals surface area contributed by atoms with Gasteiger partial charge in [-0.2, -0.15) is 0 Å². The Kier molecular flexibility index (Phi) is 4.09. The fourth-order valence-corrected chi connectivity index (χ4v) is 1.54. The molecule has 0 atom stereocenters. The standard InChI is InChI=1S/C13H16N4O/c14-7-1-8-15-13-16-9-6-12(17-13)10-2-4-11(18)5-3-10/h2-6,9,18H,1,7-8,14H2,(H,15,16,17). The Morgan fingerprint density at radius 3 is 2.67 bits per heavy atom. The SMILES string of the molecule is NCCCNc1nccc(-c2ccc(O)cc2)n1. The van der Waals surface area contributed by atoms with Gasteiger partial charge in [-0.1, -0.05) is 0 Å². The molecular weight excluding hydrogens is 228 g/mol. The van der Waals surface area contributed by atoms with Crippen LogP contribution in [-0.4, -0.2) is 28.2 Å². The second kappa shape index (κ2) is 5.97. The summed E-state index contributed by atoms with van der Waals surface area (Å²) in [6, 6.07) is 8.75. The quantitative estimate of drug-likeness (QED) is 0.696. The molecule has 0 fully saturated rings. The van der Waals surface area contributed by atoms with Gasteiger partial charge in [0.2, 0.25) is 5.95 Å². The zero-order valence-corrected chi connectivity index (χ0v) is 10.0. The Labute approximate surface area is 106 Å². The fraction of sp³-hybridized carbons (Fsp3) is 0.231. The van der Waals surface area contributed by atoms with E-state index in [4.69, 9.17) is 5.73 Å². The van der Waals surface area contributed by atoms with Gasteiger partial charge in [0.15, 0.2) is 0 Å². The molecule has 0 bridgehead atoms. The molecule has 1 aromatic carbocycles. The molecule has 0 aliphatic heterocycles. The zero-order chi connectivity index (χ0) is 12.8. The van der Waals surface area contributed by atoms with E-state index >= 15 is 0 Å². The number of hydrogen-bond acceptors (Lipinski definition) is 5. The van der Waals surface area contributed by atoms with E-state index < -0.39 is 0 Å². The van der Waals surface area contributed by atoms with Gasteiger partial charge in [0, 0.05) is 18.3 Å². The van der Waals surface area contributed by atoms with Gasteiger partial charge in [-0.05, 0) is 43.3 Å². The summed E-state index contributed by atoms with van der Waals surface area (Å²) in [7, 11) is 0. The van der Waals surface area contributed by atoms with Gasteiger partial charge >= 0.3 is 0 Å². The van der Waals surface area contributed by atoms with Crippen molar-refractivity contribution < 1.29 is 5.11 Å². The summed E-state index contributed by atoms with van der Waals surface area (Å²) >= 11 is 0. The lowest BCUT2D eigenvalue weighted by Crippen LogP contribution is -2.10. The van der Waals surface area contributed by atoms with Crippen molar-refractivity contribution in [2.45, 2.75) is 6.42 Å². The van der Waals surface area contributed by atoms with Gasteiger partial charge in [0.05, 0.1) is 5.69 Å². The second-order valence-corrected chi connectivity index (χ2v) is 3.88. The molecule has 2 aromatic rings. The van der Waals surface area contributed by atoms with Crippen molar-refractivity contribution >= 4 is 5.95 Å². The Balaban J connectivity index is 2.13. The lowest BCUT2D eigenvalue weighted by Gasteiger charge is -2.06. The highest BCUT2D eigenvalue weighted by atomic mass is 16.3. The second-order valence-electron chi connectivity index (χ2n) is 3.88. The summed E-state index contributed by atoms with van der Waals surface area (Å²) in [6.07, 6.45) is 2.59. The fourth-order valence-electron chi connectivity index (χ4n) is 1.54. The van der Waals surface area contributed by atoms with E-state index in [1.807, 2.05) is 18.2 Å². The average Bonchev–Trinajstić information content (AvgIpc) is 2.40. The van der Waals surface area contributed by atoms with Crippen LogP contribution in [0.4, 0.5) is 5.95 Å². The van der Waals surface area contributed by atoms with Crippen molar-refractivity contribution in [2.24, 2.45) is 5.73 Å². The minimum absolute atomic E-state index is 0.245. The molecule has 5 nitrogen and oxygen atoms in total. The minimum Gasteiger partial charge on any atom is -0.508 e. The van der Waals surface area contributed by atoms with Crippen LogP contribution in [0.25, 0.3) is 11.3 Å². The van der Waals surface area contributed by atoms with Crippen molar-refractivity contribution in [3.63, 3.8) is 0 Å². The van der Waals surface area contributed by atoms with Crippen LogP contribution in [0.15, 0.2) is 36.5 Å². The number of aromatic hydroxyl groups is 1. The largest absolute Gasteiger partial charge is 0.508 e. The highest BCUT2D eigenvalue weighted by molar-refractivity contribution is 5.60. The van der Waals surface area contributed by atoms with E-state index in [9.17, 15) is 5.11 Å². The van der Waals surface area contributed by atoms with Crippen LogP contribution in [0, 0.1) is 0 Å². The first-order valence-corrected chi connectivity index (χ1v) is 5.86. The molecule has 1 heterocycles. The molecule has 0 saturated heterocycles. The normalized spacial score (nSPS) is 10.3. The number of nitrogens with two attached hydrogens (primary N) is 1. The smallest absolute Gasteiger partial charge is 0.223 e. The van der Waals surface area contributed by atoms with Gasteiger partial charge in [0.1, 0.15) is 5.75 Å². The molecule has 0 spiro atoms. The van der Waals surface area contributed by atoms with Crippen LogP contribution in [0.2, 0.25) is 0 Å². The van der Waals surface area contributed by atoms with E-state index in [1.54, 1.807) is 18.3 Å². The van der Waals surface area contributed by atoms with Gasteiger partial charge in [-0.25, -0.2) is 9.97 Å². The number of phenols is 1. The van der Waals surface area contributed by atoms with Crippen molar-refractivity contribution in [2.75, 3.05) is 18.4 Å². The number of phenolic OH excluding ortho intramolecular Hbond substituents is 1. The third-order valence-corrected chi connectivity index (χ3v) is 2.48. The predicted molar refractivity (Wildman–Crippen MR) is 71.3 cm³/mol. The number of nitrogens with one attached hydrogen (secondary N) is 1. The topological polar surface area (TPSA) is 84.1 Å². The number of nitrogens with zero attached hydrogens (tertiary/aromatic N) is 2. The molecular formula is C13H16N4O. The van der Waals surface area contributed by atoms with Gasteiger partial charge in [-0.3, -0.25) is 0 Å². The molecule has 0 radical (unpaired) electrons. The lowest BCUT2D eigenvalue weighted by atomic mass is 10.1. The van der Waals surface area contributed by atoms with Crippen LogP contribution in [0.3, 0.4) is 0 Å². The van der Waals surface area contributed by atoms with Crippen molar-refractivity contribution in [1.29, 1.82) is 0 Å². The molecule has 0 saturated carbocycles. The van der Waals surface area contributed by atoms with Crippen LogP contribution in [0.5, 0.6) is 5.75 Å². The van der Waals surface area contributed by atoms with Crippen molar-refractivity contribution in [3.8, 4) is 17.0 Å². The maximum Gasteiger partial charge on any atom is 0.223 e. The van der Waals surface area contributed by atoms with Crippen molar-refractivity contribution in [3.05, 3.63) is 36.5 Å². The summed E-state index contributed by atoms with van der Waals surface area (Å²) < 4.78 is 0. The molecule has 94 valence electrons. The number of benzene rings is 1. The van der Waals surface area contributed by atoms with E-state index in [0.717, 1.165) is 24.2 Å². The number of hydrogen-bond donors (Lipinski definition) is 3. The summed E-state index contributed by atoms with van der Waals surface area (Å²) in [5.41, 5.74) is 7.18. The molecule has 2 rings (SSSR count). The molecule has 0 unspecified atom stereocenters. The van der Waals surface area contributed by atoms with Crippen molar-refractivity contribution in [1.82, 2.24) is 9.97 Å². The maximum absolute atomic E-state index is 9.24. The maximum atomic E-state index is 9.24. The zero-order valence-electron chi connectivity index (χ0n) is 10.0. The van der Waals surface area contributed by atoms with E-state index in [2.05, 4.69) is 15.3 Å². The van der Waals surface area contributed by atoms with Crippen LogP contribution < -0.4 is 11.1 Å². The molecule has 0 aliphatic rings. The third-order valence-electron chi connectivity index (χ3n) is 2.48. The summed E-state index contributed by atoms with van der Waals surface area (Å²) in [5, 5.41) is 12.4. The highest BCUT2D eigenvalue weighted by Crippen LogP contribution is 2.20. The Hall–Kier alpha value is -2.14. The molecule has 5 heteroatoms. The van der Waals surface area contributed by atoms with Gasteiger partial charge < -0.3 is 16.2 Å². The Morgan fingerprint density at radius 2 is 1.94 bits per heavy atom. The van der Waals surface area contributed by atoms with E-state index in [-0.39, 0.29) is 5.75 Å². The van der Waals surface area contributed by atoms with E-state index in [1.165, 1.54) is 0 Å². The lowest BCUT2D eigenvalue weighted by molar-refractivity contribution is 0.475. The van der Waals surface area contributed by atoms with E-state index in [0.29, 0.717) is 12.5 Å². The number of anilines is 1. The monoisotopic (exact) mass is 244 g/mol. The van der Waals surface area contributed by atoms with Crippen LogP contribution >= 0.6 is 0 Å². The summed E-state index contributed by atoms with van der Waals surface area (Å²) in [6.45, 7) is 1.40. The number of aromatic nitrogens is 2. The highest BCUT2D eigenvalue weighted by Gasteiger charge is 2.01. The average molecular weight is 244 g/mol.